The molecule has 4 N–H and O–H groups in total. The molecule has 1 aromatic carbocycles. The second kappa shape index (κ2) is 6.06. The van der Waals surface area contributed by atoms with Crippen LogP contribution in [0.4, 0.5) is 11.4 Å². The van der Waals surface area contributed by atoms with E-state index in [1.54, 1.807) is 12.1 Å². The van der Waals surface area contributed by atoms with E-state index in [2.05, 4.69) is 23.9 Å². The van der Waals surface area contributed by atoms with Crippen molar-refractivity contribution in [2.75, 3.05) is 24.6 Å². The molecular formula is C12H21N3O2S. The van der Waals surface area contributed by atoms with E-state index in [1.165, 1.54) is 13.1 Å². The van der Waals surface area contributed by atoms with Crippen molar-refractivity contribution in [2.45, 2.75) is 25.2 Å². The molecule has 0 aliphatic rings. The Labute approximate surface area is 109 Å². The summed E-state index contributed by atoms with van der Waals surface area (Å²) in [7, 11) is -2.11. The first-order valence-corrected chi connectivity index (χ1v) is 7.42. The highest BCUT2D eigenvalue weighted by molar-refractivity contribution is 7.89. The number of nitrogen functional groups attached to an aromatic ring is 1. The predicted molar refractivity (Wildman–Crippen MR) is 75.0 cm³/mol. The van der Waals surface area contributed by atoms with Crippen molar-refractivity contribution in [3.8, 4) is 0 Å². The molecule has 5 nitrogen and oxygen atoms in total. The minimum atomic E-state index is -3.49. The van der Waals surface area contributed by atoms with Gasteiger partial charge in [-0.15, -0.1) is 0 Å². The van der Waals surface area contributed by atoms with Crippen molar-refractivity contribution < 1.29 is 8.42 Å². The summed E-state index contributed by atoms with van der Waals surface area (Å²) in [6.45, 7) is 4.97. The van der Waals surface area contributed by atoms with Crippen molar-refractivity contribution >= 4 is 21.4 Å². The van der Waals surface area contributed by atoms with Crippen LogP contribution in [0.2, 0.25) is 0 Å². The van der Waals surface area contributed by atoms with E-state index in [0.717, 1.165) is 13.0 Å². The maximum absolute atomic E-state index is 11.9. The third-order valence-corrected chi connectivity index (χ3v) is 4.06. The highest BCUT2D eigenvalue weighted by atomic mass is 32.2. The molecular weight excluding hydrogens is 250 g/mol. The van der Waals surface area contributed by atoms with Crippen molar-refractivity contribution in [3.05, 3.63) is 18.2 Å². The van der Waals surface area contributed by atoms with Crippen LogP contribution in [-0.2, 0) is 10.0 Å². The lowest BCUT2D eigenvalue weighted by Crippen LogP contribution is -2.20. The second-order valence-corrected chi connectivity index (χ2v) is 6.43. The van der Waals surface area contributed by atoms with Crippen LogP contribution in [0.5, 0.6) is 0 Å². The van der Waals surface area contributed by atoms with E-state index >= 15 is 0 Å². The Hall–Kier alpha value is -1.27. The van der Waals surface area contributed by atoms with Gasteiger partial charge in [0.15, 0.2) is 0 Å². The normalized spacial score (nSPS) is 11.8. The van der Waals surface area contributed by atoms with Crippen LogP contribution < -0.4 is 15.8 Å². The number of sulfonamides is 1. The highest BCUT2D eigenvalue weighted by Gasteiger charge is 2.16. The smallest absolute Gasteiger partial charge is 0.242 e. The zero-order valence-electron chi connectivity index (χ0n) is 11.0. The average molecular weight is 271 g/mol. The van der Waals surface area contributed by atoms with Gasteiger partial charge in [-0.2, -0.15) is 0 Å². The van der Waals surface area contributed by atoms with Gasteiger partial charge in [0.1, 0.15) is 4.90 Å². The van der Waals surface area contributed by atoms with E-state index in [4.69, 9.17) is 5.73 Å². The average Bonchev–Trinajstić information content (AvgIpc) is 2.30. The first-order valence-electron chi connectivity index (χ1n) is 5.93. The summed E-state index contributed by atoms with van der Waals surface area (Å²) in [6, 6.07) is 4.84. The summed E-state index contributed by atoms with van der Waals surface area (Å²) in [5.74, 6) is 0.565. The molecule has 0 radical (unpaired) electrons. The summed E-state index contributed by atoms with van der Waals surface area (Å²) in [6.07, 6.45) is 0.976. The molecule has 0 aromatic heterocycles. The Morgan fingerprint density at radius 3 is 2.56 bits per heavy atom. The molecule has 0 fully saturated rings. The third-order valence-electron chi connectivity index (χ3n) is 2.60. The van der Waals surface area contributed by atoms with Crippen LogP contribution in [0.3, 0.4) is 0 Å². The fourth-order valence-electron chi connectivity index (χ4n) is 1.51. The summed E-state index contributed by atoms with van der Waals surface area (Å²) >= 11 is 0. The Bertz CT molecular complexity index is 498. The zero-order valence-corrected chi connectivity index (χ0v) is 11.8. The monoisotopic (exact) mass is 271 g/mol. The van der Waals surface area contributed by atoms with E-state index < -0.39 is 10.0 Å². The predicted octanol–water partition coefficient (Wildman–Crippen LogP) is 1.63. The molecule has 0 saturated heterocycles. The Balaban J connectivity index is 2.98. The highest BCUT2D eigenvalue weighted by Crippen LogP contribution is 2.23. The van der Waals surface area contributed by atoms with E-state index in [9.17, 15) is 8.42 Å². The van der Waals surface area contributed by atoms with Gasteiger partial charge in [0, 0.05) is 12.2 Å². The molecule has 1 rings (SSSR count). The van der Waals surface area contributed by atoms with Gasteiger partial charge in [-0.3, -0.25) is 0 Å². The molecule has 102 valence electrons. The second-order valence-electron chi connectivity index (χ2n) is 4.57. The van der Waals surface area contributed by atoms with Crippen LogP contribution in [0, 0.1) is 5.92 Å². The van der Waals surface area contributed by atoms with Gasteiger partial charge in [0.05, 0.1) is 5.69 Å². The van der Waals surface area contributed by atoms with Crippen LogP contribution in [-0.4, -0.2) is 22.0 Å². The lowest BCUT2D eigenvalue weighted by atomic mass is 10.1. The van der Waals surface area contributed by atoms with Crippen LogP contribution >= 0.6 is 0 Å². The molecule has 1 aromatic rings. The first-order chi connectivity index (χ1) is 8.36. The number of nitrogens with one attached hydrogen (secondary N) is 2. The molecule has 0 saturated carbocycles. The van der Waals surface area contributed by atoms with E-state index in [0.29, 0.717) is 17.3 Å². The largest absolute Gasteiger partial charge is 0.399 e. The van der Waals surface area contributed by atoms with Crippen molar-refractivity contribution in [1.29, 1.82) is 0 Å². The zero-order chi connectivity index (χ0) is 13.8. The number of hydrogen-bond acceptors (Lipinski definition) is 4. The van der Waals surface area contributed by atoms with Crippen molar-refractivity contribution in [1.82, 2.24) is 4.72 Å². The maximum atomic E-state index is 11.9. The number of hydrogen-bond donors (Lipinski definition) is 3. The summed E-state index contributed by atoms with van der Waals surface area (Å²) in [5, 5.41) is 3.14. The lowest BCUT2D eigenvalue weighted by Gasteiger charge is -2.13. The SMILES string of the molecule is CNS(=O)(=O)c1cc(N)ccc1NCCC(C)C. The molecule has 18 heavy (non-hydrogen) atoms. The quantitative estimate of drug-likeness (QED) is 0.687. The first kappa shape index (κ1) is 14.8. The van der Waals surface area contributed by atoms with E-state index in [1.807, 2.05) is 0 Å². The Morgan fingerprint density at radius 2 is 2.00 bits per heavy atom. The molecule has 0 atom stereocenters. The maximum Gasteiger partial charge on any atom is 0.242 e. The molecule has 0 heterocycles. The molecule has 0 aliphatic carbocycles. The number of nitrogens with two attached hydrogens (primary N) is 1. The van der Waals surface area contributed by atoms with Crippen LogP contribution in [0.1, 0.15) is 20.3 Å². The molecule has 0 amide bonds. The van der Waals surface area contributed by atoms with Gasteiger partial charge in [0.2, 0.25) is 10.0 Å². The van der Waals surface area contributed by atoms with Gasteiger partial charge >= 0.3 is 0 Å². The summed E-state index contributed by atoms with van der Waals surface area (Å²) in [5.41, 5.74) is 6.65. The minimum Gasteiger partial charge on any atom is -0.399 e. The van der Waals surface area contributed by atoms with Crippen LogP contribution in [0.15, 0.2) is 23.1 Å². The van der Waals surface area contributed by atoms with E-state index in [-0.39, 0.29) is 4.90 Å². The standard InChI is InChI=1S/C12H21N3O2S/c1-9(2)6-7-15-11-5-4-10(13)8-12(11)18(16,17)14-3/h4-5,8-9,14-15H,6-7,13H2,1-3H3. The Morgan fingerprint density at radius 1 is 1.33 bits per heavy atom. The topological polar surface area (TPSA) is 84.2 Å². The molecule has 0 unspecified atom stereocenters. The van der Waals surface area contributed by atoms with Gasteiger partial charge in [-0.1, -0.05) is 13.8 Å². The number of benzene rings is 1. The molecule has 6 heteroatoms. The third kappa shape index (κ3) is 3.89. The van der Waals surface area contributed by atoms with Crippen LogP contribution in [0.25, 0.3) is 0 Å². The van der Waals surface area contributed by atoms with Gasteiger partial charge in [0.25, 0.3) is 0 Å². The minimum absolute atomic E-state index is 0.189. The fraction of sp³-hybridized carbons (Fsp3) is 0.500. The molecule has 0 aliphatic heterocycles. The Kier molecular flexibility index (Phi) is 4.98. The molecule has 0 bridgehead atoms. The number of anilines is 2. The fourth-order valence-corrected chi connectivity index (χ4v) is 2.45. The van der Waals surface area contributed by atoms with Gasteiger partial charge < -0.3 is 11.1 Å². The van der Waals surface area contributed by atoms with Crippen molar-refractivity contribution in [3.63, 3.8) is 0 Å². The van der Waals surface area contributed by atoms with Crippen molar-refractivity contribution in [2.24, 2.45) is 5.92 Å². The lowest BCUT2D eigenvalue weighted by molar-refractivity contribution is 0.588. The summed E-state index contributed by atoms with van der Waals surface area (Å²) in [4.78, 5) is 0.189. The number of rotatable bonds is 6. The van der Waals surface area contributed by atoms with Gasteiger partial charge in [-0.25, -0.2) is 13.1 Å². The molecule has 0 spiro atoms. The van der Waals surface area contributed by atoms with Gasteiger partial charge in [-0.05, 0) is 37.6 Å². The summed E-state index contributed by atoms with van der Waals surface area (Å²) < 4.78 is 26.0.